The van der Waals surface area contributed by atoms with E-state index in [0.29, 0.717) is 28.6 Å². The monoisotopic (exact) mass is 338 g/mol. The van der Waals surface area contributed by atoms with E-state index in [0.717, 1.165) is 19.3 Å². The zero-order valence-corrected chi connectivity index (χ0v) is 14.3. The first-order chi connectivity index (χ1) is 11.0. The Morgan fingerprint density at radius 1 is 1.48 bits per heavy atom. The van der Waals surface area contributed by atoms with E-state index in [1.807, 2.05) is 6.92 Å². The van der Waals surface area contributed by atoms with Crippen LogP contribution in [-0.2, 0) is 4.74 Å². The molecule has 1 spiro atoms. The highest BCUT2D eigenvalue weighted by Crippen LogP contribution is 2.57. The van der Waals surface area contributed by atoms with Crippen molar-refractivity contribution in [1.29, 1.82) is 0 Å². The summed E-state index contributed by atoms with van der Waals surface area (Å²) in [5.41, 5.74) is 6.71. The Hall–Kier alpha value is -1.46. The van der Waals surface area contributed by atoms with Gasteiger partial charge in [0.2, 0.25) is 0 Å². The Balaban J connectivity index is 1.74. The lowest BCUT2D eigenvalue weighted by atomic mass is 9.51. The number of carbonyl (C=O) groups excluding carboxylic acids is 1. The molecule has 0 aromatic heterocycles. The molecule has 0 heterocycles. The van der Waals surface area contributed by atoms with Gasteiger partial charge in [0.25, 0.3) is 5.91 Å². The van der Waals surface area contributed by atoms with Crippen LogP contribution in [0.5, 0.6) is 5.75 Å². The first-order valence-corrected chi connectivity index (χ1v) is 8.45. The van der Waals surface area contributed by atoms with E-state index < -0.39 is 0 Å². The summed E-state index contributed by atoms with van der Waals surface area (Å²) in [6.07, 6.45) is 4.56. The van der Waals surface area contributed by atoms with Gasteiger partial charge in [-0.2, -0.15) is 0 Å². The van der Waals surface area contributed by atoms with Crippen LogP contribution in [-0.4, -0.2) is 31.8 Å². The van der Waals surface area contributed by atoms with E-state index >= 15 is 0 Å². The number of anilines is 1. The zero-order chi connectivity index (χ0) is 16.6. The lowest BCUT2D eigenvalue weighted by Crippen LogP contribution is -2.67. The molecule has 1 amide bonds. The molecule has 5 nitrogen and oxygen atoms in total. The minimum absolute atomic E-state index is 0.122. The number of hydrogen-bond acceptors (Lipinski definition) is 4. The molecule has 2 atom stereocenters. The first kappa shape index (κ1) is 16.4. The van der Waals surface area contributed by atoms with Crippen LogP contribution in [0.1, 0.15) is 43.0 Å². The van der Waals surface area contributed by atoms with Crippen molar-refractivity contribution in [3.63, 3.8) is 0 Å². The summed E-state index contributed by atoms with van der Waals surface area (Å²) in [4.78, 5) is 12.7. The predicted molar refractivity (Wildman–Crippen MR) is 90.0 cm³/mol. The van der Waals surface area contributed by atoms with E-state index in [4.69, 9.17) is 26.8 Å². The summed E-state index contributed by atoms with van der Waals surface area (Å²) in [5, 5.41) is 3.49. The largest absolute Gasteiger partial charge is 0.496 e. The Labute approximate surface area is 141 Å². The molecule has 2 unspecified atom stereocenters. The number of rotatable bonds is 5. The third kappa shape index (κ3) is 2.66. The first-order valence-electron chi connectivity index (χ1n) is 8.07. The molecule has 0 radical (unpaired) electrons. The maximum Gasteiger partial charge on any atom is 0.255 e. The molecule has 126 valence electrons. The third-order valence-electron chi connectivity index (χ3n) is 5.31. The average Bonchev–Trinajstić information content (AvgIpc) is 2.46. The van der Waals surface area contributed by atoms with Crippen LogP contribution in [0.15, 0.2) is 12.1 Å². The molecule has 0 saturated heterocycles. The Kier molecular flexibility index (Phi) is 4.43. The van der Waals surface area contributed by atoms with Gasteiger partial charge in [-0.3, -0.25) is 4.79 Å². The highest BCUT2D eigenvalue weighted by Gasteiger charge is 2.59. The van der Waals surface area contributed by atoms with Crippen molar-refractivity contribution in [1.82, 2.24) is 5.32 Å². The van der Waals surface area contributed by atoms with Crippen LogP contribution in [0.25, 0.3) is 0 Å². The Morgan fingerprint density at radius 3 is 2.78 bits per heavy atom. The standard InChI is InChI=1S/C17H23ClN2O3/c1-3-23-15-9-14(17(15)5-4-6-17)20-16(21)10-7-11(18)12(19)8-13(10)22-2/h7-8,14-15H,3-6,9,19H2,1-2H3,(H,20,21). The van der Waals surface area contributed by atoms with E-state index in [-0.39, 0.29) is 23.5 Å². The molecule has 2 aliphatic carbocycles. The average molecular weight is 339 g/mol. The van der Waals surface area contributed by atoms with Gasteiger partial charge in [0.15, 0.2) is 0 Å². The molecule has 6 heteroatoms. The highest BCUT2D eigenvalue weighted by molar-refractivity contribution is 6.33. The lowest BCUT2D eigenvalue weighted by Gasteiger charge is -2.61. The van der Waals surface area contributed by atoms with Gasteiger partial charge in [-0.1, -0.05) is 18.0 Å². The molecule has 2 saturated carbocycles. The van der Waals surface area contributed by atoms with E-state index in [2.05, 4.69) is 5.32 Å². The predicted octanol–water partition coefficient (Wildman–Crippen LogP) is 3.01. The van der Waals surface area contributed by atoms with Crippen molar-refractivity contribution < 1.29 is 14.3 Å². The number of amides is 1. The number of carbonyl (C=O) groups is 1. The van der Waals surface area contributed by atoms with E-state index in [1.54, 1.807) is 12.1 Å². The summed E-state index contributed by atoms with van der Waals surface area (Å²) in [5.74, 6) is 0.266. The molecule has 3 rings (SSSR count). The number of ether oxygens (including phenoxy) is 2. The fourth-order valence-electron chi connectivity index (χ4n) is 3.79. The van der Waals surface area contributed by atoms with Gasteiger partial charge < -0.3 is 20.5 Å². The van der Waals surface area contributed by atoms with Gasteiger partial charge in [-0.25, -0.2) is 0 Å². The number of nitrogen functional groups attached to an aromatic ring is 1. The van der Waals surface area contributed by atoms with Crippen LogP contribution >= 0.6 is 11.6 Å². The fraction of sp³-hybridized carbons (Fsp3) is 0.588. The van der Waals surface area contributed by atoms with Crippen LogP contribution in [0.3, 0.4) is 0 Å². The fourth-order valence-corrected chi connectivity index (χ4v) is 3.96. The van der Waals surface area contributed by atoms with Crippen molar-refractivity contribution in [3.05, 3.63) is 22.7 Å². The second kappa shape index (κ2) is 6.21. The second-order valence-electron chi connectivity index (χ2n) is 6.37. The summed E-state index contributed by atoms with van der Waals surface area (Å²) in [7, 11) is 1.52. The minimum atomic E-state index is -0.171. The molecule has 0 bridgehead atoms. The van der Waals surface area contributed by atoms with Gasteiger partial charge in [-0.15, -0.1) is 0 Å². The summed E-state index contributed by atoms with van der Waals surface area (Å²) in [6.45, 7) is 2.73. The van der Waals surface area contributed by atoms with Gasteiger partial charge in [0.1, 0.15) is 5.75 Å². The van der Waals surface area contributed by atoms with Crippen molar-refractivity contribution in [2.45, 2.75) is 44.8 Å². The van der Waals surface area contributed by atoms with Crippen LogP contribution < -0.4 is 15.8 Å². The van der Waals surface area contributed by atoms with Gasteiger partial charge >= 0.3 is 0 Å². The maximum atomic E-state index is 12.7. The summed E-state index contributed by atoms with van der Waals surface area (Å²) < 4.78 is 11.1. The van der Waals surface area contributed by atoms with Crippen LogP contribution in [0.2, 0.25) is 5.02 Å². The number of benzene rings is 1. The molecule has 2 aliphatic rings. The third-order valence-corrected chi connectivity index (χ3v) is 5.63. The molecule has 0 aliphatic heterocycles. The van der Waals surface area contributed by atoms with Crippen molar-refractivity contribution in [2.75, 3.05) is 19.5 Å². The molecular formula is C17H23ClN2O3. The van der Waals surface area contributed by atoms with Gasteiger partial charge in [0, 0.05) is 24.1 Å². The lowest BCUT2D eigenvalue weighted by molar-refractivity contribution is -0.169. The van der Waals surface area contributed by atoms with Crippen molar-refractivity contribution in [2.24, 2.45) is 5.41 Å². The highest BCUT2D eigenvalue weighted by atomic mass is 35.5. The number of methoxy groups -OCH3 is 1. The maximum absolute atomic E-state index is 12.7. The summed E-state index contributed by atoms with van der Waals surface area (Å²) >= 11 is 6.05. The number of hydrogen-bond donors (Lipinski definition) is 2. The number of nitrogens with one attached hydrogen (secondary N) is 1. The minimum Gasteiger partial charge on any atom is -0.496 e. The quantitative estimate of drug-likeness (QED) is 0.809. The molecule has 2 fully saturated rings. The normalized spacial score (nSPS) is 24.7. The number of halogens is 1. The van der Waals surface area contributed by atoms with Crippen molar-refractivity contribution >= 4 is 23.2 Å². The van der Waals surface area contributed by atoms with Gasteiger partial charge in [-0.05, 0) is 32.3 Å². The van der Waals surface area contributed by atoms with E-state index in [9.17, 15) is 4.79 Å². The SMILES string of the molecule is CCOC1CC(NC(=O)c2cc(Cl)c(N)cc2OC)C12CCC2. The summed E-state index contributed by atoms with van der Waals surface area (Å²) in [6, 6.07) is 3.30. The number of nitrogens with two attached hydrogens (primary N) is 1. The topological polar surface area (TPSA) is 73.6 Å². The van der Waals surface area contributed by atoms with Crippen LogP contribution in [0, 0.1) is 5.41 Å². The zero-order valence-electron chi connectivity index (χ0n) is 13.5. The molecule has 1 aromatic rings. The Morgan fingerprint density at radius 2 is 2.22 bits per heavy atom. The Bertz CT molecular complexity index is 616. The molecule has 23 heavy (non-hydrogen) atoms. The smallest absolute Gasteiger partial charge is 0.255 e. The molecule has 3 N–H and O–H groups in total. The second-order valence-corrected chi connectivity index (χ2v) is 6.77. The molecular weight excluding hydrogens is 316 g/mol. The van der Waals surface area contributed by atoms with Gasteiger partial charge in [0.05, 0.1) is 29.5 Å². The van der Waals surface area contributed by atoms with Crippen LogP contribution in [0.4, 0.5) is 5.69 Å². The molecule has 1 aromatic carbocycles. The van der Waals surface area contributed by atoms with Crippen molar-refractivity contribution in [3.8, 4) is 5.75 Å². The van der Waals surface area contributed by atoms with E-state index in [1.165, 1.54) is 13.5 Å².